The van der Waals surface area contributed by atoms with Gasteiger partial charge in [0, 0.05) is 23.6 Å². The summed E-state index contributed by atoms with van der Waals surface area (Å²) in [7, 11) is 0. The Kier molecular flexibility index (Phi) is 5.62. The summed E-state index contributed by atoms with van der Waals surface area (Å²) in [5.74, 6) is 0.580. The van der Waals surface area contributed by atoms with Crippen molar-refractivity contribution in [1.29, 1.82) is 0 Å². The van der Waals surface area contributed by atoms with E-state index >= 15 is 0 Å². The monoisotopic (exact) mass is 392 g/mol. The maximum absolute atomic E-state index is 13.1. The molecule has 150 valence electrons. The zero-order valence-electron chi connectivity index (χ0n) is 16.4. The molecule has 3 aromatic rings. The Labute approximate surface area is 169 Å². The van der Waals surface area contributed by atoms with E-state index in [9.17, 15) is 9.90 Å². The molecule has 0 radical (unpaired) electrons. The van der Waals surface area contributed by atoms with E-state index in [1.165, 1.54) is 4.57 Å². The van der Waals surface area contributed by atoms with Crippen molar-refractivity contribution in [2.24, 2.45) is 4.99 Å². The van der Waals surface area contributed by atoms with Gasteiger partial charge in [-0.3, -0.25) is 9.79 Å². The van der Waals surface area contributed by atoms with Crippen LogP contribution in [0.1, 0.15) is 25.3 Å². The number of ether oxygens (including phenoxy) is 2. The molecule has 29 heavy (non-hydrogen) atoms. The van der Waals surface area contributed by atoms with Crippen LogP contribution in [-0.2, 0) is 4.74 Å². The third kappa shape index (κ3) is 3.89. The second-order valence-corrected chi connectivity index (χ2v) is 6.98. The normalized spacial score (nSPS) is 16.7. The molecule has 6 heteroatoms. The van der Waals surface area contributed by atoms with E-state index in [0.29, 0.717) is 40.9 Å². The molecule has 6 nitrogen and oxygen atoms in total. The molecule has 4 rings (SSSR count). The molecule has 1 N–H and O–H groups in total. The van der Waals surface area contributed by atoms with Crippen molar-refractivity contribution in [3.63, 3.8) is 0 Å². The molecule has 1 unspecified atom stereocenters. The Bertz CT molecular complexity index is 1080. The number of pyridine rings is 1. The van der Waals surface area contributed by atoms with Crippen LogP contribution in [0.4, 0.5) is 0 Å². The van der Waals surface area contributed by atoms with Gasteiger partial charge < -0.3 is 14.6 Å². The fourth-order valence-electron chi connectivity index (χ4n) is 3.64. The molecule has 1 fully saturated rings. The predicted molar refractivity (Wildman–Crippen MR) is 114 cm³/mol. The van der Waals surface area contributed by atoms with E-state index in [1.54, 1.807) is 36.5 Å². The van der Waals surface area contributed by atoms with Gasteiger partial charge >= 0.3 is 0 Å². The van der Waals surface area contributed by atoms with Crippen LogP contribution in [0.5, 0.6) is 11.6 Å². The quantitative estimate of drug-likeness (QED) is 0.650. The highest BCUT2D eigenvalue weighted by atomic mass is 16.5. The van der Waals surface area contributed by atoms with Crippen LogP contribution in [0.3, 0.4) is 0 Å². The first-order chi connectivity index (χ1) is 14.2. The summed E-state index contributed by atoms with van der Waals surface area (Å²) < 4.78 is 12.4. The van der Waals surface area contributed by atoms with Gasteiger partial charge in [-0.1, -0.05) is 18.2 Å². The van der Waals surface area contributed by atoms with Crippen LogP contribution in [0.2, 0.25) is 0 Å². The molecule has 1 aliphatic heterocycles. The molecule has 2 heterocycles. The van der Waals surface area contributed by atoms with Crippen molar-refractivity contribution in [3.05, 3.63) is 64.4 Å². The van der Waals surface area contributed by atoms with Crippen LogP contribution in [0.15, 0.2) is 58.3 Å². The van der Waals surface area contributed by atoms with Gasteiger partial charge in [-0.25, -0.2) is 4.57 Å². The number of benzene rings is 2. The molecule has 1 aliphatic rings. The highest BCUT2D eigenvalue weighted by Crippen LogP contribution is 2.27. The Morgan fingerprint density at radius 3 is 2.66 bits per heavy atom. The molecule has 1 saturated heterocycles. The third-order valence-electron chi connectivity index (χ3n) is 5.06. The summed E-state index contributed by atoms with van der Waals surface area (Å²) in [4.78, 5) is 17.6. The van der Waals surface area contributed by atoms with Gasteiger partial charge in [0.05, 0.1) is 30.5 Å². The maximum atomic E-state index is 13.1. The average molecular weight is 392 g/mol. The van der Waals surface area contributed by atoms with Gasteiger partial charge in [0.2, 0.25) is 5.88 Å². The Morgan fingerprint density at radius 2 is 1.97 bits per heavy atom. The van der Waals surface area contributed by atoms with E-state index < -0.39 is 0 Å². The summed E-state index contributed by atoms with van der Waals surface area (Å²) in [6.45, 7) is 3.79. The van der Waals surface area contributed by atoms with Gasteiger partial charge in [0.1, 0.15) is 5.75 Å². The SMILES string of the molecule is CCOc1ccc(-n2c(O)c(C=NCC3CCCO3)c3ccccc3c2=O)cc1. The second-order valence-electron chi connectivity index (χ2n) is 6.98. The number of aliphatic imine (C=N–C) groups is 1. The van der Waals surface area contributed by atoms with Crippen molar-refractivity contribution >= 4 is 17.0 Å². The number of nitrogens with zero attached hydrogens (tertiary/aromatic N) is 2. The Hall–Kier alpha value is -3.12. The van der Waals surface area contributed by atoms with Gasteiger partial charge in [0.15, 0.2) is 0 Å². The topological polar surface area (TPSA) is 73.1 Å². The minimum absolute atomic E-state index is 0.122. The van der Waals surface area contributed by atoms with Crippen LogP contribution in [0, 0.1) is 0 Å². The number of rotatable bonds is 6. The fraction of sp³-hybridized carbons (Fsp3) is 0.304. The van der Waals surface area contributed by atoms with Crippen molar-refractivity contribution in [3.8, 4) is 17.3 Å². The molecular weight excluding hydrogens is 368 g/mol. The molecule has 1 aromatic heterocycles. The van der Waals surface area contributed by atoms with Crippen molar-refractivity contribution in [2.45, 2.75) is 25.9 Å². The van der Waals surface area contributed by atoms with E-state index in [4.69, 9.17) is 9.47 Å². The minimum atomic E-state index is -0.279. The van der Waals surface area contributed by atoms with E-state index in [-0.39, 0.29) is 17.5 Å². The van der Waals surface area contributed by atoms with Gasteiger partial charge in [0.25, 0.3) is 5.56 Å². The summed E-state index contributed by atoms with van der Waals surface area (Å²) in [5.41, 5.74) is 0.807. The van der Waals surface area contributed by atoms with Crippen molar-refractivity contribution in [1.82, 2.24) is 4.57 Å². The molecule has 0 bridgehead atoms. The molecule has 1 atom stereocenters. The average Bonchev–Trinajstić information content (AvgIpc) is 3.26. The molecule has 0 aliphatic carbocycles. The lowest BCUT2D eigenvalue weighted by Gasteiger charge is -2.14. The number of aromatic nitrogens is 1. The first kappa shape index (κ1) is 19.2. The van der Waals surface area contributed by atoms with Crippen LogP contribution in [-0.4, -0.2) is 41.8 Å². The summed E-state index contributed by atoms with van der Waals surface area (Å²) in [6, 6.07) is 14.3. The zero-order valence-corrected chi connectivity index (χ0v) is 16.4. The molecular formula is C23H24N2O4. The zero-order chi connectivity index (χ0) is 20.2. The maximum Gasteiger partial charge on any atom is 0.265 e. The molecule has 0 saturated carbocycles. The Morgan fingerprint density at radius 1 is 1.21 bits per heavy atom. The van der Waals surface area contributed by atoms with E-state index in [0.717, 1.165) is 19.4 Å². The predicted octanol–water partition coefficient (Wildman–Crippen LogP) is 3.69. The van der Waals surface area contributed by atoms with Crippen LogP contribution < -0.4 is 10.3 Å². The highest BCUT2D eigenvalue weighted by Gasteiger charge is 2.17. The largest absolute Gasteiger partial charge is 0.494 e. The summed E-state index contributed by atoms with van der Waals surface area (Å²) in [6.07, 6.45) is 3.81. The third-order valence-corrected chi connectivity index (χ3v) is 5.06. The molecule has 0 spiro atoms. The lowest BCUT2D eigenvalue weighted by atomic mass is 10.1. The van der Waals surface area contributed by atoms with Gasteiger partial charge in [-0.2, -0.15) is 0 Å². The summed E-state index contributed by atoms with van der Waals surface area (Å²) >= 11 is 0. The van der Waals surface area contributed by atoms with Gasteiger partial charge in [-0.15, -0.1) is 0 Å². The Balaban J connectivity index is 1.80. The van der Waals surface area contributed by atoms with Crippen molar-refractivity contribution < 1.29 is 14.6 Å². The fourth-order valence-corrected chi connectivity index (χ4v) is 3.64. The summed E-state index contributed by atoms with van der Waals surface area (Å²) in [5, 5.41) is 12.2. The number of hydrogen-bond acceptors (Lipinski definition) is 5. The smallest absolute Gasteiger partial charge is 0.265 e. The van der Waals surface area contributed by atoms with Gasteiger partial charge in [-0.05, 0) is 50.1 Å². The molecule has 2 aromatic carbocycles. The number of hydrogen-bond donors (Lipinski definition) is 1. The minimum Gasteiger partial charge on any atom is -0.494 e. The van der Waals surface area contributed by atoms with Crippen LogP contribution >= 0.6 is 0 Å². The molecule has 0 amide bonds. The first-order valence-electron chi connectivity index (χ1n) is 9.90. The van der Waals surface area contributed by atoms with Crippen LogP contribution in [0.25, 0.3) is 16.5 Å². The van der Waals surface area contributed by atoms with E-state index in [1.807, 2.05) is 25.1 Å². The lowest BCUT2D eigenvalue weighted by molar-refractivity contribution is 0.118. The lowest BCUT2D eigenvalue weighted by Crippen LogP contribution is -2.20. The highest BCUT2D eigenvalue weighted by molar-refractivity contribution is 6.01. The number of aromatic hydroxyl groups is 1. The standard InChI is InChI=1S/C23H24N2O4/c1-2-28-17-11-9-16(10-12-17)25-22(26)20-8-4-3-7-19(20)21(23(25)27)15-24-14-18-6-5-13-29-18/h3-4,7-12,15,18,27H,2,5-6,13-14H2,1H3. The first-order valence-corrected chi connectivity index (χ1v) is 9.90. The second kappa shape index (κ2) is 8.49. The van der Waals surface area contributed by atoms with E-state index in [2.05, 4.69) is 4.99 Å². The number of fused-ring (bicyclic) bond motifs is 1. The van der Waals surface area contributed by atoms with Crippen molar-refractivity contribution in [2.75, 3.05) is 19.8 Å².